The maximum absolute atomic E-state index is 12.8. The molecule has 2 heterocycles. The van der Waals surface area contributed by atoms with E-state index in [2.05, 4.69) is 51.3 Å². The fourth-order valence-electron chi connectivity index (χ4n) is 3.32. The van der Waals surface area contributed by atoms with Crippen LogP contribution < -0.4 is 10.2 Å². The molecule has 1 fully saturated rings. The Morgan fingerprint density at radius 1 is 0.926 bits per heavy atom. The minimum absolute atomic E-state index is 0.118. The van der Waals surface area contributed by atoms with E-state index in [0.29, 0.717) is 0 Å². The Kier molecular flexibility index (Phi) is 5.39. The molecular formula is C22H23N3OS. The van der Waals surface area contributed by atoms with Gasteiger partial charge in [0.25, 0.3) is 5.91 Å². The van der Waals surface area contributed by atoms with Crippen molar-refractivity contribution in [2.45, 2.75) is 6.54 Å². The van der Waals surface area contributed by atoms with Gasteiger partial charge in [-0.3, -0.25) is 4.79 Å². The van der Waals surface area contributed by atoms with Gasteiger partial charge in [0, 0.05) is 49.7 Å². The van der Waals surface area contributed by atoms with Crippen LogP contribution >= 0.6 is 11.3 Å². The van der Waals surface area contributed by atoms with Gasteiger partial charge in [0.15, 0.2) is 0 Å². The minimum atomic E-state index is 0.118. The van der Waals surface area contributed by atoms with Gasteiger partial charge in [0.1, 0.15) is 0 Å². The molecule has 0 spiro atoms. The zero-order chi connectivity index (χ0) is 18.5. The van der Waals surface area contributed by atoms with Crippen LogP contribution in [0.5, 0.6) is 0 Å². The zero-order valence-corrected chi connectivity index (χ0v) is 16.0. The van der Waals surface area contributed by atoms with Crippen LogP contribution in [0.15, 0.2) is 71.4 Å². The number of nitrogens with zero attached hydrogens (tertiary/aromatic N) is 2. The molecule has 0 atom stereocenters. The number of hydrogen-bond donors (Lipinski definition) is 1. The molecular weight excluding hydrogens is 354 g/mol. The highest BCUT2D eigenvalue weighted by molar-refractivity contribution is 7.07. The molecule has 1 aromatic heterocycles. The number of para-hydroxylation sites is 1. The smallest absolute Gasteiger partial charge is 0.253 e. The number of nitrogens with one attached hydrogen (secondary N) is 1. The molecule has 1 N–H and O–H groups in total. The van der Waals surface area contributed by atoms with E-state index in [0.717, 1.165) is 44.0 Å². The van der Waals surface area contributed by atoms with Gasteiger partial charge in [0.2, 0.25) is 0 Å². The van der Waals surface area contributed by atoms with Gasteiger partial charge in [-0.25, -0.2) is 0 Å². The number of piperazine rings is 1. The maximum Gasteiger partial charge on any atom is 0.253 e. The van der Waals surface area contributed by atoms with E-state index >= 15 is 0 Å². The molecule has 0 bridgehead atoms. The standard InChI is InChI=1S/C22H23N3OS/c26-22(25-13-11-24(12-14-25)21-4-2-1-3-5-21)19-6-8-20(9-7-19)23-16-18-10-15-27-17-18/h1-10,15,17,23H,11-14,16H2. The predicted octanol–water partition coefficient (Wildman–Crippen LogP) is 4.32. The second-order valence-corrected chi connectivity index (χ2v) is 7.46. The Hall–Kier alpha value is -2.79. The lowest BCUT2D eigenvalue weighted by Gasteiger charge is -2.36. The van der Waals surface area contributed by atoms with Crippen LogP contribution in [-0.4, -0.2) is 37.0 Å². The molecule has 3 aromatic rings. The number of hydrogen-bond acceptors (Lipinski definition) is 4. The van der Waals surface area contributed by atoms with E-state index < -0.39 is 0 Å². The molecule has 0 saturated carbocycles. The molecule has 0 aliphatic carbocycles. The number of thiophene rings is 1. The molecule has 138 valence electrons. The summed E-state index contributed by atoms with van der Waals surface area (Å²) in [6, 6.07) is 20.3. The Bertz CT molecular complexity index is 854. The molecule has 1 aliphatic rings. The molecule has 4 nitrogen and oxygen atoms in total. The van der Waals surface area contributed by atoms with Gasteiger partial charge in [0.05, 0.1) is 0 Å². The second kappa shape index (κ2) is 8.27. The van der Waals surface area contributed by atoms with E-state index in [1.165, 1.54) is 11.3 Å². The Morgan fingerprint density at radius 3 is 2.33 bits per heavy atom. The van der Waals surface area contributed by atoms with Gasteiger partial charge >= 0.3 is 0 Å². The fourth-order valence-corrected chi connectivity index (χ4v) is 3.99. The van der Waals surface area contributed by atoms with Gasteiger partial charge < -0.3 is 15.1 Å². The van der Waals surface area contributed by atoms with Crippen LogP contribution in [0.1, 0.15) is 15.9 Å². The highest BCUT2D eigenvalue weighted by atomic mass is 32.1. The van der Waals surface area contributed by atoms with Crippen LogP contribution in [0.2, 0.25) is 0 Å². The number of benzene rings is 2. The predicted molar refractivity (Wildman–Crippen MR) is 113 cm³/mol. The Morgan fingerprint density at radius 2 is 1.67 bits per heavy atom. The Balaban J connectivity index is 1.32. The summed E-state index contributed by atoms with van der Waals surface area (Å²) < 4.78 is 0. The number of anilines is 2. The van der Waals surface area contributed by atoms with Gasteiger partial charge in [-0.15, -0.1) is 0 Å². The summed E-state index contributed by atoms with van der Waals surface area (Å²) in [5.74, 6) is 0.118. The molecule has 2 aromatic carbocycles. The van der Waals surface area contributed by atoms with E-state index in [4.69, 9.17) is 0 Å². The molecule has 0 radical (unpaired) electrons. The quantitative estimate of drug-likeness (QED) is 0.719. The molecule has 4 rings (SSSR count). The number of rotatable bonds is 5. The van der Waals surface area contributed by atoms with Crippen molar-refractivity contribution in [3.63, 3.8) is 0 Å². The summed E-state index contributed by atoms with van der Waals surface area (Å²) in [4.78, 5) is 17.1. The normalized spacial score (nSPS) is 14.2. The van der Waals surface area contributed by atoms with Gasteiger partial charge in [-0.05, 0) is 58.8 Å². The monoisotopic (exact) mass is 377 g/mol. The lowest BCUT2D eigenvalue weighted by Crippen LogP contribution is -2.48. The van der Waals surface area contributed by atoms with Crippen molar-refractivity contribution < 1.29 is 4.79 Å². The summed E-state index contributed by atoms with van der Waals surface area (Å²) in [7, 11) is 0. The molecule has 27 heavy (non-hydrogen) atoms. The SMILES string of the molecule is O=C(c1ccc(NCc2ccsc2)cc1)N1CCN(c2ccccc2)CC1. The van der Waals surface area contributed by atoms with Gasteiger partial charge in [-0.2, -0.15) is 11.3 Å². The largest absolute Gasteiger partial charge is 0.381 e. The molecule has 1 amide bonds. The third-order valence-electron chi connectivity index (χ3n) is 4.90. The summed E-state index contributed by atoms with van der Waals surface area (Å²) in [5.41, 5.74) is 4.29. The van der Waals surface area contributed by atoms with Crippen LogP contribution in [0, 0.1) is 0 Å². The lowest BCUT2D eigenvalue weighted by molar-refractivity contribution is 0.0747. The van der Waals surface area contributed by atoms with Crippen molar-refractivity contribution in [1.82, 2.24) is 4.90 Å². The average molecular weight is 378 g/mol. The lowest BCUT2D eigenvalue weighted by atomic mass is 10.1. The van der Waals surface area contributed by atoms with Crippen LogP contribution in [-0.2, 0) is 6.54 Å². The fraction of sp³-hybridized carbons (Fsp3) is 0.227. The van der Waals surface area contributed by atoms with Crippen LogP contribution in [0.3, 0.4) is 0 Å². The highest BCUT2D eigenvalue weighted by Crippen LogP contribution is 2.18. The van der Waals surface area contributed by atoms with Crippen molar-refractivity contribution in [1.29, 1.82) is 0 Å². The van der Waals surface area contributed by atoms with Crippen molar-refractivity contribution in [3.8, 4) is 0 Å². The minimum Gasteiger partial charge on any atom is -0.381 e. The molecule has 5 heteroatoms. The molecule has 0 unspecified atom stereocenters. The van der Waals surface area contributed by atoms with Gasteiger partial charge in [-0.1, -0.05) is 18.2 Å². The van der Waals surface area contributed by atoms with Crippen molar-refractivity contribution in [2.24, 2.45) is 0 Å². The number of amides is 1. The first-order valence-electron chi connectivity index (χ1n) is 9.24. The summed E-state index contributed by atoms with van der Waals surface area (Å²) in [6.45, 7) is 4.06. The van der Waals surface area contributed by atoms with E-state index in [1.807, 2.05) is 35.2 Å². The van der Waals surface area contributed by atoms with Crippen molar-refractivity contribution >= 4 is 28.6 Å². The number of carbonyl (C=O) groups is 1. The summed E-state index contributed by atoms with van der Waals surface area (Å²) >= 11 is 1.70. The summed E-state index contributed by atoms with van der Waals surface area (Å²) in [6.07, 6.45) is 0. The zero-order valence-electron chi connectivity index (χ0n) is 15.2. The third-order valence-corrected chi connectivity index (χ3v) is 5.63. The first kappa shape index (κ1) is 17.6. The first-order chi connectivity index (χ1) is 13.3. The molecule has 1 aliphatic heterocycles. The third kappa shape index (κ3) is 4.31. The van der Waals surface area contributed by atoms with E-state index in [-0.39, 0.29) is 5.91 Å². The maximum atomic E-state index is 12.8. The number of carbonyl (C=O) groups excluding carboxylic acids is 1. The topological polar surface area (TPSA) is 35.6 Å². The van der Waals surface area contributed by atoms with E-state index in [1.54, 1.807) is 11.3 Å². The van der Waals surface area contributed by atoms with Crippen LogP contribution in [0.4, 0.5) is 11.4 Å². The van der Waals surface area contributed by atoms with E-state index in [9.17, 15) is 4.79 Å². The molecule has 1 saturated heterocycles. The second-order valence-electron chi connectivity index (χ2n) is 6.68. The Labute approximate surface area is 164 Å². The van der Waals surface area contributed by atoms with Crippen molar-refractivity contribution in [2.75, 3.05) is 36.4 Å². The first-order valence-corrected chi connectivity index (χ1v) is 10.2. The van der Waals surface area contributed by atoms with Crippen molar-refractivity contribution in [3.05, 3.63) is 82.6 Å². The van der Waals surface area contributed by atoms with Crippen LogP contribution in [0.25, 0.3) is 0 Å². The average Bonchev–Trinajstić information content (AvgIpc) is 3.27. The highest BCUT2D eigenvalue weighted by Gasteiger charge is 2.22. The summed E-state index contributed by atoms with van der Waals surface area (Å²) in [5, 5.41) is 7.61.